The first-order chi connectivity index (χ1) is 12.3. The fourth-order valence-electron chi connectivity index (χ4n) is 3.09. The van der Waals surface area contributed by atoms with Crippen LogP contribution in [0, 0.1) is 5.92 Å². The van der Waals surface area contributed by atoms with Crippen LogP contribution in [-0.2, 0) is 16.0 Å². The summed E-state index contributed by atoms with van der Waals surface area (Å²) in [6, 6.07) is 4.59. The van der Waals surface area contributed by atoms with Gasteiger partial charge in [-0.25, -0.2) is 0 Å². The van der Waals surface area contributed by atoms with E-state index >= 15 is 0 Å². The largest absolute Gasteiger partial charge is 0.366 e. The van der Waals surface area contributed by atoms with Gasteiger partial charge >= 0.3 is 0 Å². The number of primary amides is 1. The Bertz CT molecular complexity index is 691. The summed E-state index contributed by atoms with van der Waals surface area (Å²) < 4.78 is 0. The lowest BCUT2D eigenvalue weighted by Crippen LogP contribution is -2.51. The lowest BCUT2D eigenvalue weighted by atomic mass is 10.0. The summed E-state index contributed by atoms with van der Waals surface area (Å²) in [4.78, 5) is 38.3. The monoisotopic (exact) mass is 377 g/mol. The molecule has 7 heteroatoms. The number of hydrogen-bond donors (Lipinski definition) is 2. The van der Waals surface area contributed by atoms with E-state index in [1.807, 2.05) is 20.1 Å². The number of carbonyl (C=O) groups is 3. The van der Waals surface area contributed by atoms with E-state index in [-0.39, 0.29) is 17.7 Å². The van der Waals surface area contributed by atoms with Crippen LogP contribution in [0.1, 0.15) is 42.6 Å². The van der Waals surface area contributed by atoms with Gasteiger partial charge in [-0.3, -0.25) is 14.4 Å². The zero-order valence-corrected chi connectivity index (χ0v) is 16.4. The molecule has 0 saturated carbocycles. The highest BCUT2D eigenvalue weighted by Gasteiger charge is 2.33. The lowest BCUT2D eigenvalue weighted by molar-refractivity contribution is -0.128. The highest BCUT2D eigenvalue weighted by atomic mass is 32.2. The van der Waals surface area contributed by atoms with Crippen LogP contribution < -0.4 is 16.0 Å². The summed E-state index contributed by atoms with van der Waals surface area (Å²) in [5.41, 5.74) is 7.50. The van der Waals surface area contributed by atoms with Crippen molar-refractivity contribution < 1.29 is 14.4 Å². The second-order valence-corrected chi connectivity index (χ2v) is 7.82. The number of fused-ring (bicyclic) bond motifs is 1. The maximum absolute atomic E-state index is 13.0. The van der Waals surface area contributed by atoms with Gasteiger partial charge in [0.05, 0.1) is 0 Å². The molecule has 0 fully saturated rings. The predicted octanol–water partition coefficient (Wildman–Crippen LogP) is 1.96. The van der Waals surface area contributed by atoms with Crippen molar-refractivity contribution in [2.24, 2.45) is 11.7 Å². The SMILES string of the molecule is CSCCCC(=O)N[C@H](C(=O)N1CCc2cc(C(N)=O)ccc21)C(C)C. The molecular weight excluding hydrogens is 350 g/mol. The molecule has 0 bridgehead atoms. The van der Waals surface area contributed by atoms with Crippen molar-refractivity contribution in [3.8, 4) is 0 Å². The van der Waals surface area contributed by atoms with Crippen molar-refractivity contribution >= 4 is 35.2 Å². The third-order valence-corrected chi connectivity index (χ3v) is 5.22. The highest BCUT2D eigenvalue weighted by molar-refractivity contribution is 7.98. The fraction of sp³-hybridized carbons (Fsp3) is 0.526. The third-order valence-electron chi connectivity index (χ3n) is 4.53. The van der Waals surface area contributed by atoms with Crippen LogP contribution in [0.4, 0.5) is 5.69 Å². The Kier molecular flexibility index (Phi) is 7.08. The molecule has 0 aliphatic carbocycles. The highest BCUT2D eigenvalue weighted by Crippen LogP contribution is 2.30. The van der Waals surface area contributed by atoms with Gasteiger partial charge < -0.3 is 16.0 Å². The van der Waals surface area contributed by atoms with Gasteiger partial charge in [0.2, 0.25) is 17.7 Å². The number of nitrogens with zero attached hydrogens (tertiary/aromatic N) is 1. The molecule has 3 N–H and O–H groups in total. The zero-order chi connectivity index (χ0) is 19.3. The van der Waals surface area contributed by atoms with E-state index in [2.05, 4.69) is 5.32 Å². The van der Waals surface area contributed by atoms with Crippen LogP contribution in [0.2, 0.25) is 0 Å². The van der Waals surface area contributed by atoms with Gasteiger partial charge in [-0.1, -0.05) is 13.8 Å². The summed E-state index contributed by atoms with van der Waals surface area (Å²) in [6.45, 7) is 4.40. The first-order valence-electron chi connectivity index (χ1n) is 8.87. The molecule has 1 aliphatic heterocycles. The van der Waals surface area contributed by atoms with Gasteiger partial charge in [-0.15, -0.1) is 0 Å². The number of rotatable bonds is 8. The molecule has 0 saturated heterocycles. The van der Waals surface area contributed by atoms with Crippen LogP contribution >= 0.6 is 11.8 Å². The summed E-state index contributed by atoms with van der Waals surface area (Å²) in [5, 5.41) is 2.90. The Hall–Kier alpha value is -2.02. The van der Waals surface area contributed by atoms with Gasteiger partial charge in [-0.2, -0.15) is 11.8 Å². The molecule has 0 aromatic heterocycles. The summed E-state index contributed by atoms with van der Waals surface area (Å²) in [7, 11) is 0. The van der Waals surface area contributed by atoms with E-state index in [9.17, 15) is 14.4 Å². The van der Waals surface area contributed by atoms with Crippen molar-refractivity contribution in [3.63, 3.8) is 0 Å². The van der Waals surface area contributed by atoms with Crippen LogP contribution in [0.25, 0.3) is 0 Å². The molecular formula is C19H27N3O3S. The number of thioether (sulfide) groups is 1. The number of benzene rings is 1. The molecule has 142 valence electrons. The van der Waals surface area contributed by atoms with Gasteiger partial charge in [0.25, 0.3) is 0 Å². The molecule has 0 unspecified atom stereocenters. The van der Waals surface area contributed by atoms with E-state index in [4.69, 9.17) is 5.73 Å². The normalized spacial score (nSPS) is 14.2. The first-order valence-corrected chi connectivity index (χ1v) is 10.3. The Balaban J connectivity index is 2.11. The van der Waals surface area contributed by atoms with E-state index in [1.165, 1.54) is 0 Å². The van der Waals surface area contributed by atoms with E-state index in [0.717, 1.165) is 23.4 Å². The molecule has 26 heavy (non-hydrogen) atoms. The second-order valence-electron chi connectivity index (χ2n) is 6.83. The molecule has 1 aromatic rings. The maximum Gasteiger partial charge on any atom is 0.249 e. The number of carbonyl (C=O) groups excluding carboxylic acids is 3. The third kappa shape index (κ3) is 4.78. The number of amides is 3. The number of nitrogens with two attached hydrogens (primary N) is 1. The van der Waals surface area contributed by atoms with Crippen molar-refractivity contribution in [3.05, 3.63) is 29.3 Å². The smallest absolute Gasteiger partial charge is 0.249 e. The Morgan fingerprint density at radius 1 is 1.31 bits per heavy atom. The molecule has 2 rings (SSSR count). The van der Waals surface area contributed by atoms with Crippen LogP contribution in [0.3, 0.4) is 0 Å². The predicted molar refractivity (Wildman–Crippen MR) is 105 cm³/mol. The lowest BCUT2D eigenvalue weighted by Gasteiger charge is -2.27. The zero-order valence-electron chi connectivity index (χ0n) is 15.6. The minimum atomic E-state index is -0.557. The van der Waals surface area contributed by atoms with Crippen LogP contribution in [0.15, 0.2) is 18.2 Å². The van der Waals surface area contributed by atoms with Crippen LogP contribution in [0.5, 0.6) is 0 Å². The Morgan fingerprint density at radius 3 is 2.65 bits per heavy atom. The van der Waals surface area contributed by atoms with Crippen molar-refractivity contribution in [1.29, 1.82) is 0 Å². The number of nitrogens with one attached hydrogen (secondary N) is 1. The quantitative estimate of drug-likeness (QED) is 0.677. The van der Waals surface area contributed by atoms with E-state index in [1.54, 1.807) is 34.9 Å². The molecule has 1 heterocycles. The average Bonchev–Trinajstić information content (AvgIpc) is 3.02. The van der Waals surface area contributed by atoms with Gasteiger partial charge in [-0.05, 0) is 54.5 Å². The minimum absolute atomic E-state index is 0.0130. The summed E-state index contributed by atoms with van der Waals surface area (Å²) >= 11 is 1.70. The van der Waals surface area contributed by atoms with Gasteiger partial charge in [0, 0.05) is 24.2 Å². The first kappa shape index (κ1) is 20.3. The standard InChI is InChI=1S/C19H27N3O3S/c1-12(2)17(21-16(23)5-4-10-26-3)19(25)22-9-8-13-11-14(18(20)24)6-7-15(13)22/h6-7,11-12,17H,4-5,8-10H2,1-3H3,(H2,20,24)(H,21,23)/t17-/m0/s1. The second kappa shape index (κ2) is 9.07. The average molecular weight is 378 g/mol. The fourth-order valence-corrected chi connectivity index (χ4v) is 3.52. The summed E-state index contributed by atoms with van der Waals surface area (Å²) in [6.07, 6.45) is 3.91. The molecule has 6 nitrogen and oxygen atoms in total. The van der Waals surface area contributed by atoms with E-state index in [0.29, 0.717) is 24.9 Å². The number of anilines is 1. The van der Waals surface area contributed by atoms with E-state index < -0.39 is 11.9 Å². The van der Waals surface area contributed by atoms with Crippen molar-refractivity contribution in [2.45, 2.75) is 39.2 Å². The molecule has 3 amide bonds. The molecule has 0 spiro atoms. The van der Waals surface area contributed by atoms with Crippen molar-refractivity contribution in [2.75, 3.05) is 23.5 Å². The Morgan fingerprint density at radius 2 is 2.04 bits per heavy atom. The van der Waals surface area contributed by atoms with Gasteiger partial charge in [0.1, 0.15) is 6.04 Å². The topological polar surface area (TPSA) is 92.5 Å². The maximum atomic E-state index is 13.0. The molecule has 1 aromatic carbocycles. The van der Waals surface area contributed by atoms with Crippen LogP contribution in [-0.4, -0.2) is 42.3 Å². The van der Waals surface area contributed by atoms with Crippen molar-refractivity contribution in [1.82, 2.24) is 5.32 Å². The molecule has 0 radical (unpaired) electrons. The minimum Gasteiger partial charge on any atom is -0.366 e. The van der Waals surface area contributed by atoms with Gasteiger partial charge in [0.15, 0.2) is 0 Å². The number of hydrogen-bond acceptors (Lipinski definition) is 4. The summed E-state index contributed by atoms with van der Waals surface area (Å²) in [5.74, 6) is 0.240. The Labute approximate surface area is 158 Å². The molecule has 1 atom stereocenters. The molecule has 1 aliphatic rings.